The molecule has 6 heteroatoms. The minimum atomic E-state index is -0.798. The van der Waals surface area contributed by atoms with Crippen LogP contribution in [0, 0.1) is 0 Å². The number of nitrogens with one attached hydrogen (secondary N) is 1. The summed E-state index contributed by atoms with van der Waals surface area (Å²) in [6.07, 6.45) is 3.90. The van der Waals surface area contributed by atoms with Crippen LogP contribution >= 0.6 is 0 Å². The summed E-state index contributed by atoms with van der Waals surface area (Å²) in [6, 6.07) is 1.41. The molecule has 2 aromatic rings. The Morgan fingerprint density at radius 2 is 2.44 bits per heavy atom. The van der Waals surface area contributed by atoms with Gasteiger partial charge in [0.2, 0.25) is 0 Å². The van der Waals surface area contributed by atoms with Crippen molar-refractivity contribution in [3.8, 4) is 0 Å². The van der Waals surface area contributed by atoms with E-state index in [0.717, 1.165) is 17.6 Å². The van der Waals surface area contributed by atoms with E-state index in [1.807, 2.05) is 6.07 Å². The molecule has 1 saturated heterocycles. The zero-order valence-corrected chi connectivity index (χ0v) is 8.42. The van der Waals surface area contributed by atoms with Gasteiger partial charge >= 0.3 is 5.97 Å². The Morgan fingerprint density at radius 3 is 3.12 bits per heavy atom. The minimum Gasteiger partial charge on any atom is -0.480 e. The molecule has 3 heterocycles. The van der Waals surface area contributed by atoms with Crippen LogP contribution in [-0.4, -0.2) is 38.6 Å². The number of carboxylic acids is 1. The summed E-state index contributed by atoms with van der Waals surface area (Å²) >= 11 is 0. The highest BCUT2D eigenvalue weighted by Crippen LogP contribution is 2.29. The predicted molar refractivity (Wildman–Crippen MR) is 57.3 cm³/mol. The Morgan fingerprint density at radius 1 is 1.56 bits per heavy atom. The fourth-order valence-corrected chi connectivity index (χ4v) is 1.99. The van der Waals surface area contributed by atoms with Crippen molar-refractivity contribution in [2.75, 3.05) is 11.4 Å². The highest BCUT2D eigenvalue weighted by molar-refractivity contribution is 5.90. The Bertz CT molecular complexity index is 550. The Labute approximate surface area is 90.9 Å². The molecule has 1 fully saturated rings. The van der Waals surface area contributed by atoms with Gasteiger partial charge in [0.25, 0.3) is 0 Å². The number of aliphatic carboxylic acids is 1. The molecule has 0 bridgehead atoms. The van der Waals surface area contributed by atoms with Crippen LogP contribution in [0.4, 0.5) is 5.82 Å². The van der Waals surface area contributed by atoms with Gasteiger partial charge in [-0.05, 0) is 12.5 Å². The Hall–Kier alpha value is -2.11. The summed E-state index contributed by atoms with van der Waals surface area (Å²) in [6.45, 7) is 0.730. The fourth-order valence-electron chi connectivity index (χ4n) is 1.99. The molecular weight excluding hydrogens is 208 g/mol. The standard InChI is InChI=1S/C10H10N4O2/c15-10(16)7-2-4-14(7)9-6-1-3-11-8(6)12-5-13-9/h1,3,5,7H,2,4H2,(H,15,16)(H,11,12,13)/t7-/m0/s1. The first kappa shape index (κ1) is 9.14. The van der Waals surface area contributed by atoms with Crippen LogP contribution in [0.5, 0.6) is 0 Å². The molecule has 6 nitrogen and oxygen atoms in total. The second-order valence-corrected chi connectivity index (χ2v) is 3.77. The lowest BCUT2D eigenvalue weighted by Gasteiger charge is -2.39. The van der Waals surface area contributed by atoms with Gasteiger partial charge in [-0.3, -0.25) is 0 Å². The number of fused-ring (bicyclic) bond motifs is 1. The minimum absolute atomic E-state index is 0.451. The van der Waals surface area contributed by atoms with Crippen molar-refractivity contribution >= 4 is 22.8 Å². The van der Waals surface area contributed by atoms with E-state index >= 15 is 0 Å². The molecule has 82 valence electrons. The van der Waals surface area contributed by atoms with Crippen LogP contribution < -0.4 is 4.90 Å². The third-order valence-electron chi connectivity index (χ3n) is 2.91. The molecule has 1 atom stereocenters. The van der Waals surface area contributed by atoms with Gasteiger partial charge in [-0.25, -0.2) is 14.8 Å². The van der Waals surface area contributed by atoms with Gasteiger partial charge in [0.1, 0.15) is 23.8 Å². The second-order valence-electron chi connectivity index (χ2n) is 3.77. The topological polar surface area (TPSA) is 82.1 Å². The monoisotopic (exact) mass is 218 g/mol. The smallest absolute Gasteiger partial charge is 0.326 e. The van der Waals surface area contributed by atoms with Crippen molar-refractivity contribution in [1.82, 2.24) is 15.0 Å². The summed E-state index contributed by atoms with van der Waals surface area (Å²) in [7, 11) is 0. The number of aromatic amines is 1. The molecule has 3 rings (SSSR count). The maximum atomic E-state index is 10.9. The summed E-state index contributed by atoms with van der Waals surface area (Å²) in [5, 5.41) is 9.86. The number of hydrogen-bond acceptors (Lipinski definition) is 4. The average Bonchev–Trinajstić information content (AvgIpc) is 2.63. The zero-order chi connectivity index (χ0) is 11.1. The molecule has 0 spiro atoms. The molecule has 0 aromatic carbocycles. The van der Waals surface area contributed by atoms with E-state index in [4.69, 9.17) is 5.11 Å². The first-order chi connectivity index (χ1) is 7.77. The molecule has 2 N–H and O–H groups in total. The number of carboxylic acid groups (broad SMARTS) is 1. The van der Waals surface area contributed by atoms with Gasteiger partial charge in [-0.2, -0.15) is 0 Å². The normalized spacial score (nSPS) is 19.8. The second kappa shape index (κ2) is 3.19. The number of aromatic nitrogens is 3. The van der Waals surface area contributed by atoms with E-state index in [-0.39, 0.29) is 0 Å². The van der Waals surface area contributed by atoms with Crippen LogP contribution in [-0.2, 0) is 4.79 Å². The lowest BCUT2D eigenvalue weighted by Crippen LogP contribution is -2.53. The van der Waals surface area contributed by atoms with Crippen molar-refractivity contribution in [2.45, 2.75) is 12.5 Å². The molecule has 0 amide bonds. The average molecular weight is 218 g/mol. The third-order valence-corrected chi connectivity index (χ3v) is 2.91. The van der Waals surface area contributed by atoms with Crippen LogP contribution in [0.2, 0.25) is 0 Å². The van der Waals surface area contributed by atoms with Gasteiger partial charge < -0.3 is 15.0 Å². The van der Waals surface area contributed by atoms with Gasteiger partial charge in [-0.15, -0.1) is 0 Å². The quantitative estimate of drug-likeness (QED) is 0.772. The van der Waals surface area contributed by atoms with Gasteiger partial charge in [0.15, 0.2) is 0 Å². The van der Waals surface area contributed by atoms with Crippen molar-refractivity contribution in [2.24, 2.45) is 0 Å². The summed E-state index contributed by atoms with van der Waals surface area (Å²) in [4.78, 5) is 24.0. The number of hydrogen-bond donors (Lipinski definition) is 2. The van der Waals surface area contributed by atoms with E-state index < -0.39 is 12.0 Å². The Kier molecular flexibility index (Phi) is 1.82. The molecule has 0 aliphatic carbocycles. The maximum absolute atomic E-state index is 10.9. The van der Waals surface area contributed by atoms with Gasteiger partial charge in [0, 0.05) is 12.7 Å². The largest absolute Gasteiger partial charge is 0.480 e. The van der Waals surface area contributed by atoms with Crippen molar-refractivity contribution in [3.05, 3.63) is 18.6 Å². The molecule has 0 radical (unpaired) electrons. The molecule has 2 aromatic heterocycles. The van der Waals surface area contributed by atoms with Crippen LogP contribution in [0.1, 0.15) is 6.42 Å². The highest BCUT2D eigenvalue weighted by atomic mass is 16.4. The zero-order valence-electron chi connectivity index (χ0n) is 8.42. The molecule has 16 heavy (non-hydrogen) atoms. The van der Waals surface area contributed by atoms with E-state index in [1.165, 1.54) is 6.33 Å². The molecule has 0 unspecified atom stereocenters. The molecule has 1 aliphatic rings. The number of nitrogens with zero attached hydrogens (tertiary/aromatic N) is 3. The maximum Gasteiger partial charge on any atom is 0.326 e. The fraction of sp³-hybridized carbons (Fsp3) is 0.300. The van der Waals surface area contributed by atoms with Gasteiger partial charge in [0.05, 0.1) is 5.39 Å². The number of carbonyl (C=O) groups is 1. The van der Waals surface area contributed by atoms with E-state index in [9.17, 15) is 4.79 Å². The lowest BCUT2D eigenvalue weighted by atomic mass is 10.0. The lowest BCUT2D eigenvalue weighted by molar-refractivity contribution is -0.139. The molecule has 1 aliphatic heterocycles. The van der Waals surface area contributed by atoms with E-state index in [1.54, 1.807) is 11.1 Å². The van der Waals surface area contributed by atoms with Crippen LogP contribution in [0.25, 0.3) is 11.0 Å². The first-order valence-corrected chi connectivity index (χ1v) is 5.05. The summed E-state index contributed by atoms with van der Waals surface area (Å²) in [5.74, 6) is -0.0987. The third kappa shape index (κ3) is 1.16. The predicted octanol–water partition coefficient (Wildman–Crippen LogP) is 0.621. The van der Waals surface area contributed by atoms with Crippen LogP contribution in [0.3, 0.4) is 0 Å². The number of anilines is 1. The van der Waals surface area contributed by atoms with Crippen molar-refractivity contribution in [3.63, 3.8) is 0 Å². The first-order valence-electron chi connectivity index (χ1n) is 5.05. The molecule has 0 saturated carbocycles. The van der Waals surface area contributed by atoms with Crippen LogP contribution in [0.15, 0.2) is 18.6 Å². The van der Waals surface area contributed by atoms with Gasteiger partial charge in [-0.1, -0.05) is 0 Å². The molecular formula is C10H10N4O2. The summed E-state index contributed by atoms with van der Waals surface area (Å²) < 4.78 is 0. The van der Waals surface area contributed by atoms with E-state index in [2.05, 4.69) is 15.0 Å². The Balaban J connectivity index is 2.06. The SMILES string of the molecule is O=C(O)[C@@H]1CCN1c1ncnc2[nH]ccc12. The summed E-state index contributed by atoms with van der Waals surface area (Å²) in [5.41, 5.74) is 0.737. The van der Waals surface area contributed by atoms with Crippen molar-refractivity contribution in [1.29, 1.82) is 0 Å². The highest BCUT2D eigenvalue weighted by Gasteiger charge is 2.35. The number of rotatable bonds is 2. The van der Waals surface area contributed by atoms with E-state index in [0.29, 0.717) is 12.2 Å². The van der Waals surface area contributed by atoms with Crippen molar-refractivity contribution < 1.29 is 9.90 Å². The number of H-pyrrole nitrogens is 1.